The lowest BCUT2D eigenvalue weighted by atomic mass is 9.89. The van der Waals surface area contributed by atoms with Crippen LogP contribution in [0.1, 0.15) is 12.0 Å². The highest BCUT2D eigenvalue weighted by molar-refractivity contribution is 7.89. The van der Waals surface area contributed by atoms with Crippen LogP contribution in [0.3, 0.4) is 0 Å². The van der Waals surface area contributed by atoms with Crippen molar-refractivity contribution in [3.63, 3.8) is 0 Å². The van der Waals surface area contributed by atoms with Crippen molar-refractivity contribution in [3.05, 3.63) is 72.4 Å². The van der Waals surface area contributed by atoms with E-state index in [9.17, 15) is 8.42 Å². The van der Waals surface area contributed by atoms with Gasteiger partial charge in [0.2, 0.25) is 10.0 Å². The smallest absolute Gasteiger partial charge is 0.245 e. The van der Waals surface area contributed by atoms with E-state index < -0.39 is 26.7 Å². The van der Waals surface area contributed by atoms with Gasteiger partial charge in [-0.3, -0.25) is 4.98 Å². The Labute approximate surface area is 192 Å². The minimum absolute atomic E-state index is 0.245. The molecule has 0 aliphatic carbocycles. The fourth-order valence-electron chi connectivity index (χ4n) is 5.82. The molecular formula is C24H30N2O3SSi2. The first-order chi connectivity index (χ1) is 15.1. The molecule has 2 saturated heterocycles. The van der Waals surface area contributed by atoms with E-state index >= 15 is 0 Å². The second-order valence-electron chi connectivity index (χ2n) is 10.2. The molecule has 8 heteroatoms. The average molecular weight is 483 g/mol. The minimum atomic E-state index is -3.72. The summed E-state index contributed by atoms with van der Waals surface area (Å²) in [6.45, 7) is 10.1. The number of rotatable bonds is 3. The number of nitrogens with zero attached hydrogens (tertiary/aromatic N) is 2. The molecule has 2 fully saturated rings. The van der Waals surface area contributed by atoms with Gasteiger partial charge in [0.1, 0.15) is 4.90 Å². The van der Waals surface area contributed by atoms with Crippen LogP contribution in [0.15, 0.2) is 71.8 Å². The molecule has 2 bridgehead atoms. The summed E-state index contributed by atoms with van der Waals surface area (Å²) in [5.41, 5.74) is 2.00. The van der Waals surface area contributed by atoms with Crippen LogP contribution in [0.5, 0.6) is 0 Å². The van der Waals surface area contributed by atoms with E-state index in [-0.39, 0.29) is 10.6 Å². The topological polar surface area (TPSA) is 59.5 Å². The van der Waals surface area contributed by atoms with Crippen LogP contribution in [0.2, 0.25) is 31.7 Å². The van der Waals surface area contributed by atoms with Crippen LogP contribution in [0.4, 0.5) is 0 Å². The molecule has 32 heavy (non-hydrogen) atoms. The average Bonchev–Trinajstić information content (AvgIpc) is 2.77. The second-order valence-corrected chi connectivity index (χ2v) is 20.9. The van der Waals surface area contributed by atoms with E-state index in [0.29, 0.717) is 23.5 Å². The highest BCUT2D eigenvalue weighted by Crippen LogP contribution is 2.54. The molecule has 5 rings (SSSR count). The Hall–Kier alpha value is -1.85. The molecule has 0 N–H and O–H groups in total. The molecule has 0 saturated carbocycles. The van der Waals surface area contributed by atoms with Crippen molar-refractivity contribution in [2.75, 3.05) is 13.1 Å². The van der Waals surface area contributed by atoms with Gasteiger partial charge in [0.15, 0.2) is 16.6 Å². The van der Waals surface area contributed by atoms with Crippen molar-refractivity contribution in [2.24, 2.45) is 0 Å². The number of hydrogen-bond acceptors (Lipinski definition) is 4. The van der Waals surface area contributed by atoms with Crippen LogP contribution < -0.4 is 0 Å². The van der Waals surface area contributed by atoms with Crippen molar-refractivity contribution >= 4 is 37.6 Å². The van der Waals surface area contributed by atoms with Crippen LogP contribution in [0, 0.1) is 0 Å². The predicted molar refractivity (Wildman–Crippen MR) is 133 cm³/mol. The Kier molecular flexibility index (Phi) is 5.03. The van der Waals surface area contributed by atoms with E-state index in [0.717, 1.165) is 11.8 Å². The van der Waals surface area contributed by atoms with Gasteiger partial charge in [0, 0.05) is 29.7 Å². The summed E-state index contributed by atoms with van der Waals surface area (Å²) in [7, 11) is -8.05. The zero-order valence-electron chi connectivity index (χ0n) is 19.1. The molecule has 0 spiro atoms. The third-order valence-corrected chi connectivity index (χ3v) is 19.0. The molecule has 1 unspecified atom stereocenters. The number of fused-ring (bicyclic) bond motifs is 3. The van der Waals surface area contributed by atoms with Crippen LogP contribution in [-0.4, -0.2) is 47.4 Å². The van der Waals surface area contributed by atoms with E-state index in [4.69, 9.17) is 4.12 Å². The number of sulfonamides is 1. The minimum Gasteiger partial charge on any atom is -0.455 e. The summed E-state index contributed by atoms with van der Waals surface area (Å²) < 4.78 is 36.9. The number of aromatic nitrogens is 1. The SMILES string of the molecule is C[Si]1(C)O[Si](C)(C)[C@@]2(c3ccccc3)CC1CN(S(=O)(=O)c1cccc3cccnc13)C2. The standard InChI is InChI=1S/C24H30N2O3SSi2/c1-31(2)21-16-24(32(3,4)29-31,20-12-6-5-7-13-20)18-26(17-21)30(27,28)22-14-8-10-19-11-9-15-25-23(19)22/h5-15,21H,16-18H2,1-4H3/t21?,24-/m0/s1. The van der Waals surface area contributed by atoms with Crippen molar-refractivity contribution in [1.82, 2.24) is 9.29 Å². The maximum absolute atomic E-state index is 14.1. The first-order valence-corrected chi connectivity index (χ1v) is 18.5. The quantitative estimate of drug-likeness (QED) is 0.497. The first kappa shape index (κ1) is 22.0. The zero-order chi connectivity index (χ0) is 22.8. The molecule has 168 valence electrons. The van der Waals surface area contributed by atoms with E-state index in [1.54, 1.807) is 16.6 Å². The summed E-state index contributed by atoms with van der Waals surface area (Å²) >= 11 is 0. The summed E-state index contributed by atoms with van der Waals surface area (Å²) in [6.07, 6.45) is 2.67. The molecule has 0 amide bonds. The zero-order valence-corrected chi connectivity index (χ0v) is 21.9. The molecular weight excluding hydrogens is 453 g/mol. The largest absolute Gasteiger partial charge is 0.455 e. The lowest BCUT2D eigenvalue weighted by Gasteiger charge is -2.61. The monoisotopic (exact) mass is 482 g/mol. The Morgan fingerprint density at radius 2 is 1.72 bits per heavy atom. The predicted octanol–water partition coefficient (Wildman–Crippen LogP) is 4.92. The summed E-state index contributed by atoms with van der Waals surface area (Å²) in [6, 6.07) is 19.6. The molecule has 2 atom stereocenters. The highest BCUT2D eigenvalue weighted by atomic mass is 32.2. The van der Waals surface area contributed by atoms with Crippen LogP contribution in [0.25, 0.3) is 10.9 Å². The number of hydrogen-bond donors (Lipinski definition) is 0. The van der Waals surface area contributed by atoms with Crippen molar-refractivity contribution in [1.29, 1.82) is 0 Å². The number of piperidine rings is 1. The van der Waals surface area contributed by atoms with E-state index in [1.165, 1.54) is 5.56 Å². The summed E-state index contributed by atoms with van der Waals surface area (Å²) in [5, 5.41) is 0.571. The maximum atomic E-state index is 14.1. The molecule has 2 aliphatic heterocycles. The summed E-state index contributed by atoms with van der Waals surface area (Å²) in [4.78, 5) is 4.74. The Morgan fingerprint density at radius 1 is 1.00 bits per heavy atom. The van der Waals surface area contributed by atoms with Gasteiger partial charge in [-0.05, 0) is 55.8 Å². The molecule has 2 aliphatic rings. The fraction of sp³-hybridized carbons (Fsp3) is 0.375. The van der Waals surface area contributed by atoms with Gasteiger partial charge < -0.3 is 4.12 Å². The second kappa shape index (κ2) is 7.33. The van der Waals surface area contributed by atoms with Gasteiger partial charge >= 0.3 is 0 Å². The molecule has 0 radical (unpaired) electrons. The van der Waals surface area contributed by atoms with Crippen molar-refractivity contribution in [2.45, 2.75) is 48.1 Å². The molecule has 2 aromatic carbocycles. The Morgan fingerprint density at radius 3 is 2.47 bits per heavy atom. The number of pyridine rings is 1. The lowest BCUT2D eigenvalue weighted by molar-refractivity contribution is 0.226. The van der Waals surface area contributed by atoms with E-state index in [1.807, 2.05) is 30.3 Å². The molecule has 3 aromatic rings. The third kappa shape index (κ3) is 3.23. The van der Waals surface area contributed by atoms with Gasteiger partial charge in [0.25, 0.3) is 0 Å². The molecule has 1 aromatic heterocycles. The van der Waals surface area contributed by atoms with Gasteiger partial charge in [-0.1, -0.05) is 48.5 Å². The van der Waals surface area contributed by atoms with Gasteiger partial charge in [0.05, 0.1) is 5.52 Å². The van der Waals surface area contributed by atoms with E-state index in [2.05, 4.69) is 55.4 Å². The maximum Gasteiger partial charge on any atom is 0.245 e. The fourth-order valence-corrected chi connectivity index (χ4v) is 18.4. The number of para-hydroxylation sites is 1. The van der Waals surface area contributed by atoms with Gasteiger partial charge in [-0.25, -0.2) is 8.42 Å². The highest BCUT2D eigenvalue weighted by Gasteiger charge is 2.63. The van der Waals surface area contributed by atoms with Gasteiger partial charge in [-0.15, -0.1) is 0 Å². The Bertz CT molecular complexity index is 1280. The van der Waals surface area contributed by atoms with Crippen LogP contribution >= 0.6 is 0 Å². The number of benzene rings is 2. The van der Waals surface area contributed by atoms with Gasteiger partial charge in [-0.2, -0.15) is 4.31 Å². The Balaban J connectivity index is 1.68. The summed E-state index contributed by atoms with van der Waals surface area (Å²) in [5.74, 6) is 0. The molecule has 5 nitrogen and oxygen atoms in total. The van der Waals surface area contributed by atoms with Crippen molar-refractivity contribution < 1.29 is 12.5 Å². The first-order valence-electron chi connectivity index (χ1n) is 11.2. The lowest BCUT2D eigenvalue weighted by Crippen LogP contribution is -2.72. The molecule has 3 heterocycles. The van der Waals surface area contributed by atoms with Crippen molar-refractivity contribution in [3.8, 4) is 0 Å². The third-order valence-electron chi connectivity index (χ3n) is 7.66. The van der Waals surface area contributed by atoms with Crippen LogP contribution in [-0.2, 0) is 19.2 Å². The normalized spacial score (nSPS) is 27.3.